The van der Waals surface area contributed by atoms with Crippen molar-refractivity contribution in [3.8, 4) is 0 Å². The molecule has 1 aromatic carbocycles. The van der Waals surface area contributed by atoms with Gasteiger partial charge in [-0.05, 0) is 48.7 Å². The number of Topliss-reactive ketones (excluding diaryl/α,β-unsaturated/α-hetero) is 1. The standard InChI is InChI=1S/C29H33NO7/c1-14-15-8-9-19-27-13-36-29(35,23(33)21(27)26(2,3)11-10-20(27)31)28(19,22(14)32)24(15)37-25(34)17-12-30-18-7-5-4-6-16(17)18/h4-7,12,15,19-21,23-24,30-31,33,35H,1,8-11,13H2,2-3H3/t15-,19-,20-,21+,23-,24+,27+,28-,29+/m0/s1. The number of aliphatic hydroxyl groups is 3. The molecular weight excluding hydrogens is 474 g/mol. The summed E-state index contributed by atoms with van der Waals surface area (Å²) in [5.41, 5.74) is -1.70. The lowest BCUT2D eigenvalue weighted by Gasteiger charge is -2.74. The predicted octanol–water partition coefficient (Wildman–Crippen LogP) is 2.72. The number of fused-ring (bicyclic) bond motifs is 3. The smallest absolute Gasteiger partial charge is 0.340 e. The normalized spacial score (nSPS) is 45.5. The van der Waals surface area contributed by atoms with Crippen LogP contribution >= 0.6 is 0 Å². The molecule has 4 aliphatic carbocycles. The Labute approximate surface area is 214 Å². The summed E-state index contributed by atoms with van der Waals surface area (Å²) in [6.07, 6.45) is 0.509. The maximum absolute atomic E-state index is 14.2. The highest BCUT2D eigenvalue weighted by Gasteiger charge is 2.87. The van der Waals surface area contributed by atoms with Gasteiger partial charge in [-0.3, -0.25) is 4.79 Å². The highest BCUT2D eigenvalue weighted by molar-refractivity contribution is 6.07. The molecule has 6 aliphatic rings. The van der Waals surface area contributed by atoms with Crippen molar-refractivity contribution >= 4 is 22.7 Å². The molecule has 1 aromatic heterocycles. The second-order valence-corrected chi connectivity index (χ2v) is 12.6. The van der Waals surface area contributed by atoms with Crippen molar-refractivity contribution in [1.82, 2.24) is 4.98 Å². The number of ether oxygens (including phenoxy) is 2. The average molecular weight is 508 g/mol. The van der Waals surface area contributed by atoms with Gasteiger partial charge in [0.05, 0.1) is 18.3 Å². The fourth-order valence-corrected chi connectivity index (χ4v) is 9.46. The number of carbonyl (C=O) groups excluding carboxylic acids is 2. The Morgan fingerprint density at radius 1 is 1.19 bits per heavy atom. The van der Waals surface area contributed by atoms with E-state index in [0.29, 0.717) is 36.6 Å². The SMILES string of the molecule is C=C1C(=O)[C@]23[C@H](OC(=O)c4c[nH]c5ccccc45)[C@H]1CC[C@H]2[C@@]12CO[C@]3(O)[C@@H](O)[C@@H]1C(C)(C)CC[C@@H]2O. The van der Waals surface area contributed by atoms with Gasteiger partial charge in [0.2, 0.25) is 5.79 Å². The Balaban J connectivity index is 1.40. The monoisotopic (exact) mass is 507 g/mol. The topological polar surface area (TPSA) is 129 Å². The summed E-state index contributed by atoms with van der Waals surface area (Å²) < 4.78 is 12.3. The number of aromatic amines is 1. The van der Waals surface area contributed by atoms with Gasteiger partial charge in [-0.25, -0.2) is 4.79 Å². The molecule has 4 bridgehead atoms. The molecule has 8 nitrogen and oxygen atoms in total. The zero-order valence-corrected chi connectivity index (χ0v) is 21.1. The quantitative estimate of drug-likeness (QED) is 0.363. The maximum atomic E-state index is 14.2. The molecular formula is C29H33NO7. The van der Waals surface area contributed by atoms with E-state index in [1.165, 1.54) is 0 Å². The number of nitrogens with one attached hydrogen (secondary N) is 1. The van der Waals surface area contributed by atoms with Crippen LogP contribution in [-0.4, -0.2) is 62.8 Å². The first-order valence-electron chi connectivity index (χ1n) is 13.2. The van der Waals surface area contributed by atoms with Crippen molar-refractivity contribution in [3.05, 3.63) is 48.2 Å². The summed E-state index contributed by atoms with van der Waals surface area (Å²) in [5.74, 6) is -4.83. The van der Waals surface area contributed by atoms with E-state index in [2.05, 4.69) is 11.6 Å². The number of para-hydroxylation sites is 1. The summed E-state index contributed by atoms with van der Waals surface area (Å²) in [5, 5.41) is 36.3. The van der Waals surface area contributed by atoms with Crippen molar-refractivity contribution < 1.29 is 34.4 Å². The van der Waals surface area contributed by atoms with E-state index in [1.807, 2.05) is 38.1 Å². The molecule has 2 aliphatic heterocycles. The number of carbonyl (C=O) groups is 2. The van der Waals surface area contributed by atoms with Crippen LogP contribution in [0.25, 0.3) is 10.9 Å². The summed E-state index contributed by atoms with van der Waals surface area (Å²) >= 11 is 0. The summed E-state index contributed by atoms with van der Waals surface area (Å²) in [6, 6.07) is 7.36. The average Bonchev–Trinajstić information content (AvgIpc) is 3.35. The van der Waals surface area contributed by atoms with Crippen molar-refractivity contribution in [2.24, 2.45) is 34.0 Å². The molecule has 3 heterocycles. The number of aromatic nitrogens is 1. The number of ketones is 1. The lowest BCUT2D eigenvalue weighted by molar-refractivity contribution is -0.457. The zero-order chi connectivity index (χ0) is 26.1. The third-order valence-corrected chi connectivity index (χ3v) is 10.9. The Hall–Kier alpha value is -2.52. The minimum absolute atomic E-state index is 0.0375. The molecule has 0 unspecified atom stereocenters. The molecule has 6 fully saturated rings. The third-order valence-electron chi connectivity index (χ3n) is 10.9. The molecule has 2 aromatic rings. The molecule has 0 radical (unpaired) electrons. The predicted molar refractivity (Wildman–Crippen MR) is 132 cm³/mol. The highest BCUT2D eigenvalue weighted by Crippen LogP contribution is 2.76. The van der Waals surface area contributed by atoms with Crippen LogP contribution in [-0.2, 0) is 14.3 Å². The molecule has 8 heteroatoms. The van der Waals surface area contributed by atoms with E-state index in [-0.39, 0.29) is 12.2 Å². The Morgan fingerprint density at radius 2 is 1.95 bits per heavy atom. The molecule has 196 valence electrons. The van der Waals surface area contributed by atoms with Crippen molar-refractivity contribution in [2.75, 3.05) is 6.61 Å². The number of benzene rings is 1. The van der Waals surface area contributed by atoms with E-state index >= 15 is 0 Å². The van der Waals surface area contributed by atoms with Crippen molar-refractivity contribution in [3.63, 3.8) is 0 Å². The Bertz CT molecular complexity index is 1360. The Morgan fingerprint density at radius 3 is 2.73 bits per heavy atom. The number of H-pyrrole nitrogens is 1. The third kappa shape index (κ3) is 2.45. The second kappa shape index (κ2) is 7.11. The van der Waals surface area contributed by atoms with Crippen LogP contribution < -0.4 is 0 Å². The van der Waals surface area contributed by atoms with Gasteiger partial charge in [-0.2, -0.15) is 0 Å². The fourth-order valence-electron chi connectivity index (χ4n) is 9.46. The van der Waals surface area contributed by atoms with Gasteiger partial charge in [0.15, 0.2) is 5.78 Å². The molecule has 9 atom stereocenters. The lowest BCUT2D eigenvalue weighted by atomic mass is 9.35. The van der Waals surface area contributed by atoms with E-state index in [4.69, 9.17) is 9.47 Å². The van der Waals surface area contributed by atoms with Crippen LogP contribution in [0.15, 0.2) is 42.6 Å². The van der Waals surface area contributed by atoms with Gasteiger partial charge in [-0.1, -0.05) is 38.6 Å². The highest BCUT2D eigenvalue weighted by atomic mass is 16.6. The first-order chi connectivity index (χ1) is 17.5. The number of rotatable bonds is 2. The van der Waals surface area contributed by atoms with E-state index in [9.17, 15) is 24.9 Å². The summed E-state index contributed by atoms with van der Waals surface area (Å²) in [4.78, 5) is 30.9. The van der Waals surface area contributed by atoms with Crippen LogP contribution in [0.4, 0.5) is 0 Å². The molecule has 2 spiro atoms. The molecule has 8 rings (SSSR count). The van der Waals surface area contributed by atoms with Crippen LogP contribution in [0, 0.1) is 34.0 Å². The fraction of sp³-hybridized carbons (Fsp3) is 0.586. The van der Waals surface area contributed by atoms with E-state index < -0.39 is 69.9 Å². The Kier molecular flexibility index (Phi) is 4.53. The summed E-state index contributed by atoms with van der Waals surface area (Å²) in [7, 11) is 0. The number of aliphatic hydroxyl groups excluding tert-OH is 2. The largest absolute Gasteiger partial charge is 0.457 e. The van der Waals surface area contributed by atoms with Crippen LogP contribution in [0.1, 0.15) is 49.9 Å². The lowest BCUT2D eigenvalue weighted by Crippen LogP contribution is -2.85. The molecule has 37 heavy (non-hydrogen) atoms. The van der Waals surface area contributed by atoms with Crippen LogP contribution in [0.2, 0.25) is 0 Å². The first kappa shape index (κ1) is 23.6. The zero-order valence-electron chi connectivity index (χ0n) is 21.1. The molecule has 2 saturated heterocycles. The maximum Gasteiger partial charge on any atom is 0.340 e. The van der Waals surface area contributed by atoms with Crippen LogP contribution in [0.3, 0.4) is 0 Å². The van der Waals surface area contributed by atoms with Crippen LogP contribution in [0.5, 0.6) is 0 Å². The molecule has 0 amide bonds. The molecule has 4 N–H and O–H groups in total. The number of hydrogen-bond donors (Lipinski definition) is 4. The molecule has 4 saturated carbocycles. The van der Waals surface area contributed by atoms with Gasteiger partial charge in [0.25, 0.3) is 0 Å². The first-order valence-corrected chi connectivity index (χ1v) is 13.2. The van der Waals surface area contributed by atoms with Gasteiger partial charge >= 0.3 is 5.97 Å². The van der Waals surface area contributed by atoms with Gasteiger partial charge in [0.1, 0.15) is 17.6 Å². The minimum atomic E-state index is -2.27. The van der Waals surface area contributed by atoms with Gasteiger partial charge in [0, 0.05) is 34.4 Å². The second-order valence-electron chi connectivity index (χ2n) is 12.6. The van der Waals surface area contributed by atoms with Crippen molar-refractivity contribution in [1.29, 1.82) is 0 Å². The summed E-state index contributed by atoms with van der Waals surface area (Å²) in [6.45, 7) is 8.19. The number of hydrogen-bond acceptors (Lipinski definition) is 7. The van der Waals surface area contributed by atoms with Crippen molar-refractivity contribution in [2.45, 2.75) is 63.6 Å². The van der Waals surface area contributed by atoms with Gasteiger partial charge < -0.3 is 29.8 Å². The number of esters is 1. The van der Waals surface area contributed by atoms with Gasteiger partial charge in [-0.15, -0.1) is 0 Å². The van der Waals surface area contributed by atoms with E-state index in [1.54, 1.807) is 6.20 Å². The minimum Gasteiger partial charge on any atom is -0.457 e. The van der Waals surface area contributed by atoms with E-state index in [0.717, 1.165) is 5.52 Å².